The SMILES string of the molecule is CCCCNCCC/C(C)=C/C=C/C(N)CC1(C)CCC=CCC1. The van der Waals surface area contributed by atoms with Crippen LogP contribution in [0, 0.1) is 5.41 Å². The van der Waals surface area contributed by atoms with Crippen LogP contribution in [-0.2, 0) is 0 Å². The van der Waals surface area contributed by atoms with E-state index in [4.69, 9.17) is 5.73 Å². The standard InChI is InChI=1S/C22H40N2/c1-4-5-17-24-18-11-13-20(2)12-10-14-21(23)19-22(3)15-8-6-7-9-16-22/h6-7,10,12,14,21,24H,4-5,8-9,11,13,15-19,23H2,1-3H3/b14-10+,20-12+. The van der Waals surface area contributed by atoms with Gasteiger partial charge in [0.15, 0.2) is 0 Å². The summed E-state index contributed by atoms with van der Waals surface area (Å²) in [5.41, 5.74) is 8.19. The molecule has 1 atom stereocenters. The first kappa shape index (κ1) is 21.2. The van der Waals surface area contributed by atoms with E-state index in [1.165, 1.54) is 56.9 Å². The van der Waals surface area contributed by atoms with Gasteiger partial charge in [-0.15, -0.1) is 0 Å². The number of unbranched alkanes of at least 4 members (excludes halogenated alkanes) is 1. The molecular weight excluding hydrogens is 292 g/mol. The Bertz CT molecular complexity index is 396. The lowest BCUT2D eigenvalue weighted by molar-refractivity contribution is 0.249. The number of hydrogen-bond donors (Lipinski definition) is 2. The molecule has 0 fully saturated rings. The predicted octanol–water partition coefficient (Wildman–Crippen LogP) is 5.51. The van der Waals surface area contributed by atoms with Crippen molar-refractivity contribution in [1.29, 1.82) is 0 Å². The Hall–Kier alpha value is -0.860. The van der Waals surface area contributed by atoms with Crippen molar-refractivity contribution in [3.05, 3.63) is 36.0 Å². The van der Waals surface area contributed by atoms with Crippen LogP contribution in [0.25, 0.3) is 0 Å². The van der Waals surface area contributed by atoms with Crippen molar-refractivity contribution in [3.63, 3.8) is 0 Å². The minimum atomic E-state index is 0.174. The summed E-state index contributed by atoms with van der Waals surface area (Å²) in [6, 6.07) is 0.174. The molecule has 0 aromatic rings. The van der Waals surface area contributed by atoms with Crippen molar-refractivity contribution in [3.8, 4) is 0 Å². The van der Waals surface area contributed by atoms with Crippen molar-refractivity contribution in [2.24, 2.45) is 11.1 Å². The van der Waals surface area contributed by atoms with Gasteiger partial charge in [0.2, 0.25) is 0 Å². The first-order chi connectivity index (χ1) is 11.6. The van der Waals surface area contributed by atoms with Crippen molar-refractivity contribution in [2.45, 2.75) is 84.6 Å². The molecule has 0 saturated carbocycles. The van der Waals surface area contributed by atoms with E-state index in [1.807, 2.05) is 0 Å². The van der Waals surface area contributed by atoms with Gasteiger partial charge in [-0.25, -0.2) is 0 Å². The maximum Gasteiger partial charge on any atom is 0.0231 e. The topological polar surface area (TPSA) is 38.0 Å². The molecular formula is C22H40N2. The van der Waals surface area contributed by atoms with Crippen LogP contribution in [0.2, 0.25) is 0 Å². The molecule has 3 N–H and O–H groups in total. The Morgan fingerprint density at radius 1 is 1.21 bits per heavy atom. The third kappa shape index (κ3) is 10.1. The van der Waals surface area contributed by atoms with Crippen LogP contribution in [-0.4, -0.2) is 19.1 Å². The minimum Gasteiger partial charge on any atom is -0.324 e. The molecule has 24 heavy (non-hydrogen) atoms. The number of nitrogens with one attached hydrogen (secondary N) is 1. The highest BCUT2D eigenvalue weighted by Gasteiger charge is 2.25. The fourth-order valence-electron chi connectivity index (χ4n) is 3.43. The molecule has 0 amide bonds. The Balaban J connectivity index is 2.23. The van der Waals surface area contributed by atoms with Gasteiger partial charge in [0.25, 0.3) is 0 Å². The first-order valence-electron chi connectivity index (χ1n) is 10.0. The highest BCUT2D eigenvalue weighted by Crippen LogP contribution is 2.36. The molecule has 0 radical (unpaired) electrons. The molecule has 1 unspecified atom stereocenters. The van der Waals surface area contributed by atoms with Crippen LogP contribution in [0.5, 0.6) is 0 Å². The summed E-state index contributed by atoms with van der Waals surface area (Å²) in [7, 11) is 0. The second kappa shape index (κ2) is 12.5. The first-order valence-corrected chi connectivity index (χ1v) is 10.0. The summed E-state index contributed by atoms with van der Waals surface area (Å²) in [4.78, 5) is 0. The molecule has 1 rings (SSSR count). The fourth-order valence-corrected chi connectivity index (χ4v) is 3.43. The van der Waals surface area contributed by atoms with E-state index in [2.05, 4.69) is 56.5 Å². The molecule has 2 nitrogen and oxygen atoms in total. The van der Waals surface area contributed by atoms with Gasteiger partial charge in [-0.2, -0.15) is 0 Å². The summed E-state index contributed by atoms with van der Waals surface area (Å²) >= 11 is 0. The monoisotopic (exact) mass is 332 g/mol. The summed E-state index contributed by atoms with van der Waals surface area (Å²) in [5, 5.41) is 3.50. The van der Waals surface area contributed by atoms with E-state index >= 15 is 0 Å². The normalized spacial score (nSPS) is 19.6. The van der Waals surface area contributed by atoms with E-state index in [0.29, 0.717) is 5.41 Å². The summed E-state index contributed by atoms with van der Waals surface area (Å²) in [6.45, 7) is 9.14. The molecule has 1 aliphatic carbocycles. The van der Waals surface area contributed by atoms with Gasteiger partial charge >= 0.3 is 0 Å². The highest BCUT2D eigenvalue weighted by molar-refractivity contribution is 5.12. The van der Waals surface area contributed by atoms with Gasteiger partial charge in [0.1, 0.15) is 0 Å². The Morgan fingerprint density at radius 3 is 2.54 bits per heavy atom. The van der Waals surface area contributed by atoms with Gasteiger partial charge in [-0.05, 0) is 76.8 Å². The molecule has 138 valence electrons. The second-order valence-electron chi connectivity index (χ2n) is 7.83. The zero-order valence-corrected chi connectivity index (χ0v) is 16.3. The van der Waals surface area contributed by atoms with Crippen molar-refractivity contribution >= 4 is 0 Å². The molecule has 0 saturated heterocycles. The van der Waals surface area contributed by atoms with Crippen molar-refractivity contribution in [2.75, 3.05) is 13.1 Å². The third-order valence-corrected chi connectivity index (χ3v) is 5.10. The van der Waals surface area contributed by atoms with E-state index in [1.54, 1.807) is 0 Å². The van der Waals surface area contributed by atoms with Crippen LogP contribution in [0.4, 0.5) is 0 Å². The second-order valence-corrected chi connectivity index (χ2v) is 7.83. The summed E-state index contributed by atoms with van der Waals surface area (Å²) in [5.74, 6) is 0. The van der Waals surface area contributed by atoms with Gasteiger partial charge < -0.3 is 11.1 Å². The number of allylic oxidation sites excluding steroid dienone is 5. The molecule has 0 aromatic heterocycles. The third-order valence-electron chi connectivity index (χ3n) is 5.10. The van der Waals surface area contributed by atoms with Gasteiger partial charge in [0.05, 0.1) is 0 Å². The van der Waals surface area contributed by atoms with Crippen molar-refractivity contribution in [1.82, 2.24) is 5.32 Å². The molecule has 0 aromatic carbocycles. The summed E-state index contributed by atoms with van der Waals surface area (Å²) in [6.07, 6.45) is 22.2. The maximum absolute atomic E-state index is 6.35. The number of nitrogens with two attached hydrogens (primary N) is 1. The summed E-state index contributed by atoms with van der Waals surface area (Å²) < 4.78 is 0. The van der Waals surface area contributed by atoms with Crippen LogP contribution < -0.4 is 11.1 Å². The molecule has 0 bridgehead atoms. The van der Waals surface area contributed by atoms with Crippen LogP contribution in [0.1, 0.15) is 78.6 Å². The van der Waals surface area contributed by atoms with Gasteiger partial charge in [0, 0.05) is 6.04 Å². The Morgan fingerprint density at radius 2 is 1.88 bits per heavy atom. The average Bonchev–Trinajstić information content (AvgIpc) is 2.75. The van der Waals surface area contributed by atoms with Gasteiger partial charge in [-0.3, -0.25) is 0 Å². The molecule has 0 spiro atoms. The molecule has 1 aliphatic rings. The zero-order chi connectivity index (χ0) is 17.7. The van der Waals surface area contributed by atoms with E-state index in [0.717, 1.165) is 19.5 Å². The van der Waals surface area contributed by atoms with Gasteiger partial charge in [-0.1, -0.05) is 56.2 Å². The fraction of sp³-hybridized carbons (Fsp3) is 0.727. The largest absolute Gasteiger partial charge is 0.324 e. The average molecular weight is 333 g/mol. The molecule has 0 heterocycles. The van der Waals surface area contributed by atoms with Crippen LogP contribution >= 0.6 is 0 Å². The number of rotatable bonds is 11. The smallest absolute Gasteiger partial charge is 0.0231 e. The van der Waals surface area contributed by atoms with E-state index in [9.17, 15) is 0 Å². The zero-order valence-electron chi connectivity index (χ0n) is 16.3. The van der Waals surface area contributed by atoms with E-state index in [-0.39, 0.29) is 6.04 Å². The minimum absolute atomic E-state index is 0.174. The Kier molecular flexibility index (Phi) is 11.0. The number of hydrogen-bond acceptors (Lipinski definition) is 2. The lowest BCUT2D eigenvalue weighted by atomic mass is 9.77. The van der Waals surface area contributed by atoms with E-state index < -0.39 is 0 Å². The quantitative estimate of drug-likeness (QED) is 0.297. The predicted molar refractivity (Wildman–Crippen MR) is 108 cm³/mol. The Labute approximate surface area is 150 Å². The van der Waals surface area contributed by atoms with Crippen LogP contribution in [0.15, 0.2) is 36.0 Å². The lowest BCUT2D eigenvalue weighted by Gasteiger charge is -2.30. The highest BCUT2D eigenvalue weighted by atomic mass is 14.8. The van der Waals surface area contributed by atoms with Crippen molar-refractivity contribution < 1.29 is 0 Å². The maximum atomic E-state index is 6.35. The van der Waals surface area contributed by atoms with Crippen LogP contribution in [0.3, 0.4) is 0 Å². The lowest BCUT2D eigenvalue weighted by Crippen LogP contribution is -2.28. The molecule has 2 heteroatoms. The molecule has 0 aliphatic heterocycles.